The van der Waals surface area contributed by atoms with Gasteiger partial charge in [-0.2, -0.15) is 0 Å². The van der Waals surface area contributed by atoms with Crippen LogP contribution in [0, 0.1) is 6.92 Å². The van der Waals surface area contributed by atoms with Crippen LogP contribution in [0.5, 0.6) is 11.5 Å². The van der Waals surface area contributed by atoms with Crippen molar-refractivity contribution in [2.75, 3.05) is 13.1 Å². The molecule has 1 atom stereocenters. The molecule has 0 bridgehead atoms. The van der Waals surface area contributed by atoms with E-state index in [-0.39, 0.29) is 17.4 Å². The van der Waals surface area contributed by atoms with Crippen molar-refractivity contribution in [3.05, 3.63) is 59.2 Å². The standard InChI is InChI=1S/C19H21NO3/c1-13-10-14(2-7-18(13)22)11-19(23)20-9-8-16(12-20)15-3-5-17(21)6-4-15/h2-7,10,16,21-22H,8-9,11-12H2,1H3/t16-/m0/s1. The van der Waals surface area contributed by atoms with Gasteiger partial charge in [0.2, 0.25) is 5.91 Å². The van der Waals surface area contributed by atoms with E-state index >= 15 is 0 Å². The third-order valence-corrected chi connectivity index (χ3v) is 4.52. The van der Waals surface area contributed by atoms with Crippen molar-refractivity contribution in [2.45, 2.75) is 25.7 Å². The monoisotopic (exact) mass is 311 g/mol. The van der Waals surface area contributed by atoms with Crippen molar-refractivity contribution >= 4 is 5.91 Å². The van der Waals surface area contributed by atoms with E-state index in [4.69, 9.17) is 0 Å². The van der Waals surface area contributed by atoms with Crippen LogP contribution in [0.15, 0.2) is 42.5 Å². The molecular weight excluding hydrogens is 290 g/mol. The van der Waals surface area contributed by atoms with Crippen molar-refractivity contribution in [3.63, 3.8) is 0 Å². The fraction of sp³-hybridized carbons (Fsp3) is 0.316. The Morgan fingerprint density at radius 2 is 1.91 bits per heavy atom. The highest BCUT2D eigenvalue weighted by Crippen LogP contribution is 2.28. The second kappa shape index (κ2) is 6.32. The second-order valence-electron chi connectivity index (χ2n) is 6.21. The summed E-state index contributed by atoms with van der Waals surface area (Å²) in [6.45, 7) is 3.32. The minimum Gasteiger partial charge on any atom is -0.508 e. The van der Waals surface area contributed by atoms with Gasteiger partial charge in [-0.15, -0.1) is 0 Å². The van der Waals surface area contributed by atoms with Gasteiger partial charge in [-0.3, -0.25) is 4.79 Å². The molecule has 0 saturated carbocycles. The van der Waals surface area contributed by atoms with E-state index in [0.717, 1.165) is 30.6 Å². The molecule has 1 aliphatic rings. The van der Waals surface area contributed by atoms with Crippen LogP contribution in [0.2, 0.25) is 0 Å². The molecule has 23 heavy (non-hydrogen) atoms. The third-order valence-electron chi connectivity index (χ3n) is 4.52. The Morgan fingerprint density at radius 1 is 1.17 bits per heavy atom. The number of aryl methyl sites for hydroxylation is 1. The maximum Gasteiger partial charge on any atom is 0.227 e. The van der Waals surface area contributed by atoms with Crippen LogP contribution < -0.4 is 0 Å². The van der Waals surface area contributed by atoms with Crippen LogP contribution in [0.1, 0.15) is 29.0 Å². The normalized spacial score (nSPS) is 17.4. The fourth-order valence-electron chi connectivity index (χ4n) is 3.12. The highest BCUT2D eigenvalue weighted by molar-refractivity contribution is 5.79. The topological polar surface area (TPSA) is 60.8 Å². The molecule has 0 aliphatic carbocycles. The molecule has 4 heteroatoms. The molecule has 3 rings (SSSR count). The molecule has 1 heterocycles. The third kappa shape index (κ3) is 3.47. The number of phenols is 2. The minimum atomic E-state index is 0.122. The first-order chi connectivity index (χ1) is 11.0. The number of aromatic hydroxyl groups is 2. The Morgan fingerprint density at radius 3 is 2.61 bits per heavy atom. The number of carbonyl (C=O) groups is 1. The number of hydrogen-bond acceptors (Lipinski definition) is 3. The smallest absolute Gasteiger partial charge is 0.227 e. The zero-order valence-corrected chi connectivity index (χ0v) is 13.2. The molecule has 2 aromatic carbocycles. The van der Waals surface area contributed by atoms with Gasteiger partial charge in [0, 0.05) is 19.0 Å². The summed E-state index contributed by atoms with van der Waals surface area (Å²) in [5.41, 5.74) is 2.88. The number of carbonyl (C=O) groups excluding carboxylic acids is 1. The summed E-state index contributed by atoms with van der Waals surface area (Å²) in [4.78, 5) is 14.4. The molecule has 1 saturated heterocycles. The van der Waals surface area contributed by atoms with E-state index in [9.17, 15) is 15.0 Å². The van der Waals surface area contributed by atoms with Crippen LogP contribution in [0.4, 0.5) is 0 Å². The second-order valence-corrected chi connectivity index (χ2v) is 6.21. The summed E-state index contributed by atoms with van der Waals surface area (Å²) in [5.74, 6) is 0.981. The molecule has 0 unspecified atom stereocenters. The van der Waals surface area contributed by atoms with E-state index < -0.39 is 0 Å². The van der Waals surface area contributed by atoms with Gasteiger partial charge in [-0.1, -0.05) is 24.3 Å². The summed E-state index contributed by atoms with van der Waals surface area (Å²) < 4.78 is 0. The average molecular weight is 311 g/mol. The summed E-state index contributed by atoms with van der Waals surface area (Å²) in [7, 11) is 0. The first-order valence-corrected chi connectivity index (χ1v) is 7.88. The highest BCUT2D eigenvalue weighted by Gasteiger charge is 2.27. The first kappa shape index (κ1) is 15.4. The zero-order valence-electron chi connectivity index (χ0n) is 13.2. The first-order valence-electron chi connectivity index (χ1n) is 7.88. The summed E-state index contributed by atoms with van der Waals surface area (Å²) in [6, 6.07) is 12.5. The van der Waals surface area contributed by atoms with Gasteiger partial charge in [0.1, 0.15) is 11.5 Å². The number of nitrogens with zero attached hydrogens (tertiary/aromatic N) is 1. The van der Waals surface area contributed by atoms with Gasteiger partial charge in [0.15, 0.2) is 0 Å². The Hall–Kier alpha value is -2.49. The molecule has 4 nitrogen and oxygen atoms in total. The van der Waals surface area contributed by atoms with Crippen LogP contribution in [0.25, 0.3) is 0 Å². The van der Waals surface area contributed by atoms with E-state index in [1.807, 2.05) is 30.0 Å². The Balaban J connectivity index is 1.63. The van der Waals surface area contributed by atoms with E-state index in [1.165, 1.54) is 5.56 Å². The maximum absolute atomic E-state index is 12.5. The largest absolute Gasteiger partial charge is 0.508 e. The van der Waals surface area contributed by atoms with Crippen molar-refractivity contribution < 1.29 is 15.0 Å². The molecule has 0 spiro atoms. The Labute approximate surface area is 136 Å². The van der Waals surface area contributed by atoms with Crippen LogP contribution in [0.3, 0.4) is 0 Å². The fourth-order valence-corrected chi connectivity index (χ4v) is 3.12. The van der Waals surface area contributed by atoms with E-state index in [0.29, 0.717) is 12.3 Å². The summed E-state index contributed by atoms with van der Waals surface area (Å²) in [5, 5.41) is 18.9. The molecule has 1 amide bonds. The van der Waals surface area contributed by atoms with Gasteiger partial charge in [0.05, 0.1) is 6.42 Å². The molecule has 120 valence electrons. The number of hydrogen-bond donors (Lipinski definition) is 2. The Kier molecular flexibility index (Phi) is 4.24. The predicted octanol–water partition coefficient (Wildman–Crippen LogP) is 2.96. The lowest BCUT2D eigenvalue weighted by atomic mass is 9.98. The quantitative estimate of drug-likeness (QED) is 0.916. The number of amides is 1. The Bertz CT molecular complexity index is 709. The minimum absolute atomic E-state index is 0.122. The molecule has 0 aromatic heterocycles. The van der Waals surface area contributed by atoms with Crippen molar-refractivity contribution in [1.82, 2.24) is 4.90 Å². The van der Waals surface area contributed by atoms with Gasteiger partial charge in [-0.25, -0.2) is 0 Å². The highest BCUT2D eigenvalue weighted by atomic mass is 16.3. The van der Waals surface area contributed by atoms with Crippen LogP contribution in [-0.4, -0.2) is 34.1 Å². The van der Waals surface area contributed by atoms with Crippen molar-refractivity contribution in [2.24, 2.45) is 0 Å². The van der Waals surface area contributed by atoms with Gasteiger partial charge >= 0.3 is 0 Å². The van der Waals surface area contributed by atoms with Crippen LogP contribution >= 0.6 is 0 Å². The molecule has 2 N–H and O–H groups in total. The van der Waals surface area contributed by atoms with Gasteiger partial charge in [0.25, 0.3) is 0 Å². The summed E-state index contributed by atoms with van der Waals surface area (Å²) >= 11 is 0. The summed E-state index contributed by atoms with van der Waals surface area (Å²) in [6.07, 6.45) is 1.31. The maximum atomic E-state index is 12.5. The molecule has 1 fully saturated rings. The van der Waals surface area contributed by atoms with Gasteiger partial charge < -0.3 is 15.1 Å². The lowest BCUT2D eigenvalue weighted by Gasteiger charge is -2.17. The van der Waals surface area contributed by atoms with Crippen molar-refractivity contribution in [1.29, 1.82) is 0 Å². The molecule has 1 aliphatic heterocycles. The lowest BCUT2D eigenvalue weighted by molar-refractivity contribution is -0.129. The number of rotatable bonds is 3. The lowest BCUT2D eigenvalue weighted by Crippen LogP contribution is -2.29. The van der Waals surface area contributed by atoms with E-state index in [1.54, 1.807) is 24.3 Å². The number of benzene rings is 2. The predicted molar refractivity (Wildman–Crippen MR) is 88.6 cm³/mol. The van der Waals surface area contributed by atoms with Crippen LogP contribution in [-0.2, 0) is 11.2 Å². The molecule has 2 aromatic rings. The molecule has 0 radical (unpaired) electrons. The number of phenolic OH excluding ortho intramolecular Hbond substituents is 2. The zero-order chi connectivity index (χ0) is 16.4. The SMILES string of the molecule is Cc1cc(CC(=O)N2CC[C@H](c3ccc(O)cc3)C2)ccc1O. The average Bonchev–Trinajstić information content (AvgIpc) is 3.02. The van der Waals surface area contributed by atoms with Gasteiger partial charge in [-0.05, 0) is 48.2 Å². The number of likely N-dealkylation sites (tertiary alicyclic amines) is 1. The van der Waals surface area contributed by atoms with E-state index in [2.05, 4.69) is 0 Å². The molecular formula is C19H21NO3. The van der Waals surface area contributed by atoms with Crippen molar-refractivity contribution in [3.8, 4) is 11.5 Å².